The molecule has 0 radical (unpaired) electrons. The number of aromatic nitrogens is 3. The van der Waals surface area contributed by atoms with Gasteiger partial charge in [0, 0.05) is 58.5 Å². The molecule has 6 aliphatic rings. The van der Waals surface area contributed by atoms with Gasteiger partial charge in [-0.1, -0.05) is 77.1 Å². The molecule has 5 aliphatic heterocycles. The summed E-state index contributed by atoms with van der Waals surface area (Å²) < 4.78 is 33.8. The number of piperidine rings is 1. The van der Waals surface area contributed by atoms with Gasteiger partial charge in [0.25, 0.3) is 11.7 Å². The SMILES string of the molecule is CO[C@H]1C[C@@H]2CC[C@@H](C)[C@@](O)(O2)C(=O)C(=O)N2CCCC[C@H]2C(=O)O[C@H]([C@H](C)C[C@@H]2CC[C@@H](O)[C@H](OC)C2)CC(=O)[C@H](C)/C=C(\C)[C@@H](O)[C@@H](OC)C(=O)[C@H](C)C[C@H](C)C2C=CC(C=C1C)n1c(=O)n(-c3ccccc3)c(=O)n12. The van der Waals surface area contributed by atoms with Gasteiger partial charge in [-0.15, -0.1) is 0 Å². The van der Waals surface area contributed by atoms with Crippen molar-refractivity contribution >= 4 is 29.2 Å². The summed E-state index contributed by atoms with van der Waals surface area (Å²) in [4.78, 5) is 103. The van der Waals surface area contributed by atoms with Gasteiger partial charge in [-0.2, -0.15) is 0 Å². The molecule has 8 rings (SSSR count). The van der Waals surface area contributed by atoms with E-state index in [0.29, 0.717) is 68.2 Å². The fourth-order valence-electron chi connectivity index (χ4n) is 12.7. The summed E-state index contributed by atoms with van der Waals surface area (Å²) in [6, 6.07) is 5.89. The number of para-hydroxylation sites is 1. The van der Waals surface area contributed by atoms with E-state index in [9.17, 15) is 48.9 Å². The van der Waals surface area contributed by atoms with Crippen molar-refractivity contribution < 1.29 is 63.0 Å². The predicted octanol–water partition coefficient (Wildman–Crippen LogP) is 5.53. The van der Waals surface area contributed by atoms with Crippen LogP contribution < -0.4 is 11.4 Å². The monoisotopic (exact) mass is 1090 g/mol. The lowest BCUT2D eigenvalue weighted by atomic mass is 9.78. The molecular weight excluding hydrogens is 1000 g/mol. The summed E-state index contributed by atoms with van der Waals surface area (Å²) in [5, 5.41) is 34.5. The van der Waals surface area contributed by atoms with E-state index in [4.69, 9.17) is 23.7 Å². The number of rotatable bonds is 7. The maximum Gasteiger partial charge on any atom is 0.352 e. The number of aliphatic hydroxyl groups excluding tert-OH is 2. The van der Waals surface area contributed by atoms with E-state index in [-0.39, 0.29) is 56.0 Å². The number of ketones is 3. The summed E-state index contributed by atoms with van der Waals surface area (Å²) in [6.07, 6.45) is 5.18. The first kappa shape index (κ1) is 60.5. The van der Waals surface area contributed by atoms with E-state index in [1.165, 1.54) is 23.6 Å². The molecule has 2 saturated heterocycles. The van der Waals surface area contributed by atoms with E-state index < -0.39 is 119 Å². The minimum absolute atomic E-state index is 0.0318. The van der Waals surface area contributed by atoms with E-state index >= 15 is 0 Å². The second-order valence-electron chi connectivity index (χ2n) is 23.1. The van der Waals surface area contributed by atoms with Crippen molar-refractivity contribution in [1.29, 1.82) is 0 Å². The summed E-state index contributed by atoms with van der Waals surface area (Å²) >= 11 is 0. The van der Waals surface area contributed by atoms with Crippen molar-refractivity contribution in [2.45, 2.75) is 192 Å². The standard InChI is InChI=1S/C59H84N4O15/c1-33-26-37(5)51(66)53(76-10)52(67)38(6)27-34(2)47(65)32-49(35(3)28-40-20-24-46(64)50(30-40)75-9)77-56(70)45-18-14-15-25-60(45)55(69)54(68)59(73)39(7)19-22-43(78-59)31-48(74-8)36(4)29-42-21-23-44(33)63-58(72)61(57(71)62(42)63)41-16-12-11-13-17-41/h11-13,16-17,21,23,27,29,33-35,37,39-40,42-46,48-50,52-53,64,67,73H,14-15,18-20,22,24-26,28,30-32H2,1-10H3/b36-29?,38-27+/t33-,34+,35+,37+,39+,40-,42?,43-,44?,45-,46+,48-,49-,50+,52+,53-,59+/m0/s1. The number of carbonyl (C=O) groups excluding carboxylic acids is 5. The molecule has 4 bridgehead atoms. The van der Waals surface area contributed by atoms with Crippen LogP contribution in [0.25, 0.3) is 5.69 Å². The van der Waals surface area contributed by atoms with Gasteiger partial charge >= 0.3 is 17.3 Å². The van der Waals surface area contributed by atoms with Crippen molar-refractivity contribution in [1.82, 2.24) is 18.8 Å². The summed E-state index contributed by atoms with van der Waals surface area (Å²) in [5.74, 6) is -9.44. The van der Waals surface area contributed by atoms with Crippen molar-refractivity contribution in [3.05, 3.63) is 86.8 Å². The van der Waals surface area contributed by atoms with E-state index in [0.717, 1.165) is 9.47 Å². The van der Waals surface area contributed by atoms with Gasteiger partial charge in [-0.05, 0) is 119 Å². The molecule has 6 heterocycles. The number of benzene rings is 1. The number of hydrogen-bond donors (Lipinski definition) is 3. The first-order valence-electron chi connectivity index (χ1n) is 28.1. The minimum atomic E-state index is -2.55. The van der Waals surface area contributed by atoms with Gasteiger partial charge in [-0.3, -0.25) is 19.2 Å². The van der Waals surface area contributed by atoms with E-state index in [1.54, 1.807) is 71.2 Å². The van der Waals surface area contributed by atoms with Crippen LogP contribution in [0.15, 0.2) is 75.4 Å². The molecule has 19 heteroatoms. The smallest absolute Gasteiger partial charge is 0.352 e. The van der Waals surface area contributed by atoms with Crippen molar-refractivity contribution in [3.63, 3.8) is 0 Å². The Balaban J connectivity index is 1.26. The number of fused-ring (bicyclic) bond motifs is 15. The van der Waals surface area contributed by atoms with E-state index in [2.05, 4.69) is 0 Å². The van der Waals surface area contributed by atoms with Gasteiger partial charge in [0.15, 0.2) is 5.78 Å². The summed E-state index contributed by atoms with van der Waals surface area (Å²) in [6.45, 7) is 12.2. The largest absolute Gasteiger partial charge is 0.460 e. The van der Waals surface area contributed by atoms with Gasteiger partial charge in [-0.25, -0.2) is 28.3 Å². The Kier molecular flexibility index (Phi) is 20.1. The maximum atomic E-state index is 14.6. The van der Waals surface area contributed by atoms with Crippen LogP contribution in [0.3, 0.4) is 0 Å². The first-order chi connectivity index (χ1) is 37.0. The van der Waals surface area contributed by atoms with Crippen LogP contribution in [-0.4, -0.2) is 146 Å². The number of ether oxygens (including phenoxy) is 5. The molecule has 1 aromatic carbocycles. The number of Topliss-reactive ketones (excluding diaryl/α,β-unsaturated/α-hetero) is 3. The van der Waals surface area contributed by atoms with Crippen LogP contribution in [0.4, 0.5) is 0 Å². The lowest BCUT2D eigenvalue weighted by molar-refractivity contribution is -0.265. The van der Waals surface area contributed by atoms with Crippen molar-refractivity contribution in [2.75, 3.05) is 27.9 Å². The third-order valence-corrected chi connectivity index (χ3v) is 17.6. The third kappa shape index (κ3) is 12.9. The molecule has 1 saturated carbocycles. The Bertz CT molecular complexity index is 2690. The van der Waals surface area contributed by atoms with Gasteiger partial charge in [0.1, 0.15) is 30.1 Å². The van der Waals surface area contributed by atoms with Gasteiger partial charge in [0.05, 0.1) is 42.2 Å². The number of carbonyl (C=O) groups is 5. The normalized spacial score (nSPS) is 36.5. The summed E-state index contributed by atoms with van der Waals surface area (Å²) in [5.41, 5.74) is 0.138. The molecule has 1 amide bonds. The highest BCUT2D eigenvalue weighted by Crippen LogP contribution is 2.39. The third-order valence-electron chi connectivity index (χ3n) is 17.6. The van der Waals surface area contributed by atoms with E-state index in [1.807, 2.05) is 39.0 Å². The number of amides is 1. The van der Waals surface area contributed by atoms with Gasteiger partial charge < -0.3 is 43.9 Å². The Labute approximate surface area is 457 Å². The molecule has 1 aromatic heterocycles. The number of aliphatic hydroxyl groups is 3. The van der Waals surface area contributed by atoms with Gasteiger partial charge in [0.2, 0.25) is 5.79 Å². The van der Waals surface area contributed by atoms with Crippen molar-refractivity contribution in [2.24, 2.45) is 35.5 Å². The van der Waals surface area contributed by atoms with Crippen LogP contribution >= 0.6 is 0 Å². The molecule has 430 valence electrons. The highest BCUT2D eigenvalue weighted by atomic mass is 16.6. The average molecular weight is 1090 g/mol. The minimum Gasteiger partial charge on any atom is -0.460 e. The zero-order chi connectivity index (χ0) is 56.9. The number of hydrogen-bond acceptors (Lipinski definition) is 15. The Morgan fingerprint density at radius 3 is 2.17 bits per heavy atom. The fraction of sp³-hybridized carbons (Fsp3) is 0.678. The second kappa shape index (κ2) is 26.0. The Hall–Kier alpha value is -5.15. The first-order valence-corrected chi connectivity index (χ1v) is 28.1. The second-order valence-corrected chi connectivity index (χ2v) is 23.1. The molecule has 2 aromatic rings. The van der Waals surface area contributed by atoms with Crippen LogP contribution in [0, 0.1) is 35.5 Å². The quantitative estimate of drug-likeness (QED) is 0.175. The molecule has 3 N–H and O–H groups in total. The predicted molar refractivity (Wildman–Crippen MR) is 288 cm³/mol. The average Bonchev–Trinajstić information content (AvgIpc) is 3.85. The number of methoxy groups -OCH3 is 3. The van der Waals surface area contributed by atoms with Crippen LogP contribution in [0.2, 0.25) is 0 Å². The highest BCUT2D eigenvalue weighted by Gasteiger charge is 2.53. The maximum absolute atomic E-state index is 14.6. The zero-order valence-corrected chi connectivity index (χ0v) is 47.2. The molecule has 17 atom stereocenters. The molecular formula is C59H84N4O15. The Morgan fingerprint density at radius 2 is 1.49 bits per heavy atom. The Morgan fingerprint density at radius 1 is 0.782 bits per heavy atom. The zero-order valence-electron chi connectivity index (χ0n) is 47.2. The summed E-state index contributed by atoms with van der Waals surface area (Å²) in [7, 11) is 4.38. The van der Waals surface area contributed by atoms with Crippen LogP contribution in [0.5, 0.6) is 0 Å². The number of nitrogens with zero attached hydrogens (tertiary/aromatic N) is 4. The topological polar surface area (TPSA) is 244 Å². The van der Waals surface area contributed by atoms with Crippen LogP contribution in [-0.2, 0) is 47.7 Å². The molecule has 3 fully saturated rings. The highest BCUT2D eigenvalue weighted by molar-refractivity contribution is 6.39. The molecule has 78 heavy (non-hydrogen) atoms. The lowest BCUT2D eigenvalue weighted by Crippen LogP contribution is -2.61. The molecule has 19 nitrogen and oxygen atoms in total. The number of esters is 1. The number of allylic oxidation sites excluding steroid dienone is 4. The lowest BCUT2D eigenvalue weighted by Gasteiger charge is -2.42. The van der Waals surface area contributed by atoms with Crippen molar-refractivity contribution in [3.8, 4) is 5.69 Å². The molecule has 2 unspecified atom stereocenters. The fourth-order valence-corrected chi connectivity index (χ4v) is 12.7. The molecule has 0 spiro atoms. The van der Waals surface area contributed by atoms with Crippen LogP contribution in [0.1, 0.15) is 138 Å². The molecule has 1 aliphatic carbocycles.